The molecule has 0 radical (unpaired) electrons. The van der Waals surface area contributed by atoms with Crippen LogP contribution in [-0.2, 0) is 18.4 Å². The van der Waals surface area contributed by atoms with E-state index in [1.807, 2.05) is 27.0 Å². The minimum atomic E-state index is -0.254. The molecule has 0 bridgehead atoms. The van der Waals surface area contributed by atoms with Crippen LogP contribution in [0.4, 0.5) is 5.69 Å². The summed E-state index contributed by atoms with van der Waals surface area (Å²) in [6, 6.07) is 0. The number of hydrogen-bond acceptors (Lipinski definition) is 4. The molecule has 2 heterocycles. The first kappa shape index (κ1) is 19.2. The van der Waals surface area contributed by atoms with Crippen molar-refractivity contribution in [1.29, 1.82) is 0 Å². The molecular formula is C16H23BrN6O2. The van der Waals surface area contributed by atoms with Gasteiger partial charge in [-0.05, 0) is 28.8 Å². The molecule has 8 nitrogen and oxygen atoms in total. The van der Waals surface area contributed by atoms with Crippen molar-refractivity contribution in [3.8, 4) is 0 Å². The first-order valence-corrected chi connectivity index (χ1v) is 8.86. The van der Waals surface area contributed by atoms with E-state index in [0.717, 1.165) is 10.2 Å². The fourth-order valence-corrected chi connectivity index (χ4v) is 2.53. The second kappa shape index (κ2) is 8.28. The molecule has 2 aromatic heterocycles. The van der Waals surface area contributed by atoms with E-state index in [-0.39, 0.29) is 18.2 Å². The van der Waals surface area contributed by atoms with Crippen molar-refractivity contribution in [2.24, 2.45) is 13.0 Å². The largest absolute Gasteiger partial charge is 0.350 e. The van der Waals surface area contributed by atoms with E-state index in [2.05, 4.69) is 36.8 Å². The Morgan fingerprint density at radius 2 is 2.08 bits per heavy atom. The summed E-state index contributed by atoms with van der Waals surface area (Å²) < 4.78 is 4.07. The zero-order valence-corrected chi connectivity index (χ0v) is 16.4. The third kappa shape index (κ3) is 5.15. The highest BCUT2D eigenvalue weighted by Crippen LogP contribution is 2.16. The average Bonchev–Trinajstić information content (AvgIpc) is 3.05. The number of carbonyl (C=O) groups is 2. The molecule has 0 aromatic carbocycles. The van der Waals surface area contributed by atoms with Crippen molar-refractivity contribution < 1.29 is 9.59 Å². The van der Waals surface area contributed by atoms with Gasteiger partial charge in [0.15, 0.2) is 0 Å². The van der Waals surface area contributed by atoms with Gasteiger partial charge in [-0.1, -0.05) is 13.8 Å². The number of amides is 2. The number of aryl methyl sites for hydroxylation is 3. The minimum Gasteiger partial charge on any atom is -0.350 e. The Morgan fingerprint density at radius 1 is 1.36 bits per heavy atom. The number of rotatable bonds is 7. The van der Waals surface area contributed by atoms with Crippen LogP contribution < -0.4 is 10.6 Å². The highest BCUT2D eigenvalue weighted by atomic mass is 79.9. The Labute approximate surface area is 155 Å². The first-order valence-electron chi connectivity index (χ1n) is 8.07. The Bertz CT molecular complexity index is 745. The number of nitrogens with one attached hydrogen (secondary N) is 2. The van der Waals surface area contributed by atoms with Gasteiger partial charge in [-0.2, -0.15) is 10.2 Å². The standard InChI is InChI=1S/C16H23BrN6O2/c1-10(2)7-18-16(25)15-13(8-19-22(15)4)20-14(24)5-6-23-9-12(17)11(3)21-23/h8-10H,5-7H2,1-4H3,(H,18,25)(H,20,24). The summed E-state index contributed by atoms with van der Waals surface area (Å²) >= 11 is 3.39. The molecule has 136 valence electrons. The molecule has 2 N–H and O–H groups in total. The van der Waals surface area contributed by atoms with Gasteiger partial charge >= 0.3 is 0 Å². The van der Waals surface area contributed by atoms with Crippen LogP contribution in [0, 0.1) is 12.8 Å². The monoisotopic (exact) mass is 410 g/mol. The number of halogens is 1. The molecule has 0 aliphatic carbocycles. The molecule has 0 atom stereocenters. The van der Waals surface area contributed by atoms with Crippen LogP contribution in [0.2, 0.25) is 0 Å². The average molecular weight is 411 g/mol. The minimum absolute atomic E-state index is 0.199. The predicted octanol–water partition coefficient (Wildman–Crippen LogP) is 2.10. The van der Waals surface area contributed by atoms with Crippen molar-refractivity contribution in [2.75, 3.05) is 11.9 Å². The lowest BCUT2D eigenvalue weighted by Gasteiger charge is -2.10. The van der Waals surface area contributed by atoms with Gasteiger partial charge < -0.3 is 10.6 Å². The molecule has 0 saturated carbocycles. The van der Waals surface area contributed by atoms with Crippen molar-refractivity contribution in [1.82, 2.24) is 24.9 Å². The van der Waals surface area contributed by atoms with Crippen molar-refractivity contribution in [2.45, 2.75) is 33.7 Å². The molecule has 0 spiro atoms. The molecule has 25 heavy (non-hydrogen) atoms. The van der Waals surface area contributed by atoms with Crippen LogP contribution in [0.1, 0.15) is 36.5 Å². The van der Waals surface area contributed by atoms with Crippen molar-refractivity contribution in [3.63, 3.8) is 0 Å². The molecule has 0 saturated heterocycles. The second-order valence-electron chi connectivity index (χ2n) is 6.26. The maximum Gasteiger partial charge on any atom is 0.271 e. The van der Waals surface area contributed by atoms with Gasteiger partial charge in [-0.3, -0.25) is 19.0 Å². The molecule has 0 aliphatic rings. The van der Waals surface area contributed by atoms with Crippen LogP contribution in [0.5, 0.6) is 0 Å². The first-order chi connectivity index (χ1) is 11.8. The second-order valence-corrected chi connectivity index (χ2v) is 7.11. The quantitative estimate of drug-likeness (QED) is 0.730. The fourth-order valence-electron chi connectivity index (χ4n) is 2.22. The van der Waals surface area contributed by atoms with Gasteiger partial charge in [0.1, 0.15) is 5.69 Å². The smallest absolute Gasteiger partial charge is 0.271 e. The predicted molar refractivity (Wildman–Crippen MR) is 98.3 cm³/mol. The van der Waals surface area contributed by atoms with E-state index in [1.54, 1.807) is 11.7 Å². The summed E-state index contributed by atoms with van der Waals surface area (Å²) in [4.78, 5) is 24.5. The molecular weight excluding hydrogens is 388 g/mol. The molecule has 9 heteroatoms. The van der Waals surface area contributed by atoms with Gasteiger partial charge in [-0.25, -0.2) is 0 Å². The van der Waals surface area contributed by atoms with E-state index in [1.165, 1.54) is 10.9 Å². The van der Waals surface area contributed by atoms with Gasteiger partial charge in [0.25, 0.3) is 5.91 Å². The van der Waals surface area contributed by atoms with Crippen LogP contribution in [0.15, 0.2) is 16.9 Å². The van der Waals surface area contributed by atoms with E-state index >= 15 is 0 Å². The lowest BCUT2D eigenvalue weighted by molar-refractivity contribution is -0.116. The summed E-state index contributed by atoms with van der Waals surface area (Å²) in [5.74, 6) is -0.113. The van der Waals surface area contributed by atoms with Crippen LogP contribution in [-0.4, -0.2) is 37.9 Å². The normalized spacial score (nSPS) is 11.0. The summed E-state index contributed by atoms with van der Waals surface area (Å²) in [5, 5.41) is 13.9. The third-order valence-electron chi connectivity index (χ3n) is 3.55. The van der Waals surface area contributed by atoms with E-state index < -0.39 is 0 Å². The van der Waals surface area contributed by atoms with E-state index in [0.29, 0.717) is 30.4 Å². The fraction of sp³-hybridized carbons (Fsp3) is 0.500. The summed E-state index contributed by atoms with van der Waals surface area (Å²) in [7, 11) is 1.67. The number of aromatic nitrogens is 4. The SMILES string of the molecule is Cc1nn(CCC(=O)Nc2cnn(C)c2C(=O)NCC(C)C)cc1Br. The van der Waals surface area contributed by atoms with E-state index in [4.69, 9.17) is 0 Å². The number of anilines is 1. The Hall–Kier alpha value is -2.16. The Balaban J connectivity index is 1.97. The molecule has 2 amide bonds. The maximum atomic E-state index is 12.3. The summed E-state index contributed by atoms with van der Waals surface area (Å²) in [6.07, 6.45) is 3.56. The van der Waals surface area contributed by atoms with Crippen LogP contribution >= 0.6 is 15.9 Å². The van der Waals surface area contributed by atoms with Gasteiger partial charge in [0.05, 0.1) is 22.1 Å². The zero-order valence-electron chi connectivity index (χ0n) is 14.8. The Kier molecular flexibility index (Phi) is 6.35. The number of hydrogen-bond donors (Lipinski definition) is 2. The third-order valence-corrected chi connectivity index (χ3v) is 4.33. The lowest BCUT2D eigenvalue weighted by Crippen LogP contribution is -2.30. The topological polar surface area (TPSA) is 93.8 Å². The summed E-state index contributed by atoms with van der Waals surface area (Å²) in [6.45, 7) is 6.93. The van der Waals surface area contributed by atoms with E-state index in [9.17, 15) is 9.59 Å². The number of nitrogens with zero attached hydrogens (tertiary/aromatic N) is 4. The van der Waals surface area contributed by atoms with Gasteiger partial charge in [0.2, 0.25) is 5.91 Å². The lowest BCUT2D eigenvalue weighted by atomic mass is 10.2. The highest BCUT2D eigenvalue weighted by Gasteiger charge is 2.18. The van der Waals surface area contributed by atoms with Crippen LogP contribution in [0.3, 0.4) is 0 Å². The molecule has 0 aliphatic heterocycles. The molecule has 0 fully saturated rings. The number of carbonyl (C=O) groups excluding carboxylic acids is 2. The maximum absolute atomic E-state index is 12.3. The summed E-state index contributed by atoms with van der Waals surface area (Å²) in [5.41, 5.74) is 1.62. The van der Waals surface area contributed by atoms with Crippen molar-refractivity contribution >= 4 is 33.4 Å². The highest BCUT2D eigenvalue weighted by molar-refractivity contribution is 9.10. The Morgan fingerprint density at radius 3 is 2.68 bits per heavy atom. The molecule has 2 rings (SSSR count). The van der Waals surface area contributed by atoms with Crippen molar-refractivity contribution in [3.05, 3.63) is 28.3 Å². The van der Waals surface area contributed by atoms with Crippen LogP contribution in [0.25, 0.3) is 0 Å². The zero-order chi connectivity index (χ0) is 18.6. The van der Waals surface area contributed by atoms with Gasteiger partial charge in [-0.15, -0.1) is 0 Å². The molecule has 0 unspecified atom stereocenters. The van der Waals surface area contributed by atoms with Gasteiger partial charge in [0, 0.05) is 32.8 Å². The molecule has 2 aromatic rings.